The van der Waals surface area contributed by atoms with Crippen LogP contribution in [0.4, 0.5) is 11.4 Å². The van der Waals surface area contributed by atoms with Crippen LogP contribution in [0.15, 0.2) is 12.1 Å². The second-order valence-corrected chi connectivity index (χ2v) is 4.27. The largest absolute Gasteiger partial charge is 0.389 e. The molecule has 0 amide bonds. The Morgan fingerprint density at radius 3 is 2.83 bits per heavy atom. The van der Waals surface area contributed by atoms with E-state index in [4.69, 9.17) is 16.3 Å². The summed E-state index contributed by atoms with van der Waals surface area (Å²) >= 11 is 5.93. The van der Waals surface area contributed by atoms with Gasteiger partial charge in [-0.2, -0.15) is 0 Å². The van der Waals surface area contributed by atoms with Gasteiger partial charge in [-0.15, -0.1) is 0 Å². The summed E-state index contributed by atoms with van der Waals surface area (Å²) in [5, 5.41) is 23.3. The van der Waals surface area contributed by atoms with Gasteiger partial charge in [-0.1, -0.05) is 11.6 Å². The van der Waals surface area contributed by atoms with E-state index in [9.17, 15) is 15.2 Å². The van der Waals surface area contributed by atoms with Crippen molar-refractivity contribution in [3.8, 4) is 0 Å². The molecular formula is C11H15ClN2O4. The Balaban J connectivity index is 2.79. The molecule has 0 bridgehead atoms. The van der Waals surface area contributed by atoms with Crippen molar-refractivity contribution >= 4 is 23.0 Å². The van der Waals surface area contributed by atoms with Gasteiger partial charge in [0, 0.05) is 25.3 Å². The van der Waals surface area contributed by atoms with Crippen LogP contribution in [-0.2, 0) is 4.74 Å². The molecule has 6 nitrogen and oxygen atoms in total. The molecule has 0 heterocycles. The molecule has 0 aromatic heterocycles. The number of nitrogens with zero attached hydrogens (tertiary/aromatic N) is 1. The molecule has 1 aromatic carbocycles. The van der Waals surface area contributed by atoms with E-state index < -0.39 is 11.0 Å². The van der Waals surface area contributed by atoms with Crippen molar-refractivity contribution in [3.63, 3.8) is 0 Å². The highest BCUT2D eigenvalue weighted by Crippen LogP contribution is 2.30. The maximum absolute atomic E-state index is 10.7. The third-order valence-electron chi connectivity index (χ3n) is 2.37. The molecule has 1 atom stereocenters. The number of aliphatic hydroxyl groups is 1. The number of hydrogen-bond donors (Lipinski definition) is 2. The number of nitro groups is 1. The van der Waals surface area contributed by atoms with Crippen LogP contribution in [0.5, 0.6) is 0 Å². The van der Waals surface area contributed by atoms with Crippen molar-refractivity contribution in [2.24, 2.45) is 0 Å². The molecule has 7 heteroatoms. The Morgan fingerprint density at radius 2 is 2.28 bits per heavy atom. The third kappa shape index (κ3) is 3.83. The van der Waals surface area contributed by atoms with Gasteiger partial charge in [0.15, 0.2) is 0 Å². The lowest BCUT2D eigenvalue weighted by Gasteiger charge is -2.13. The van der Waals surface area contributed by atoms with Crippen LogP contribution in [0, 0.1) is 17.0 Å². The molecule has 1 unspecified atom stereocenters. The van der Waals surface area contributed by atoms with Crippen LogP contribution in [0.25, 0.3) is 0 Å². The summed E-state index contributed by atoms with van der Waals surface area (Å²) in [6.45, 7) is 2.09. The fourth-order valence-electron chi connectivity index (χ4n) is 1.48. The summed E-state index contributed by atoms with van der Waals surface area (Å²) < 4.78 is 4.78. The highest BCUT2D eigenvalue weighted by atomic mass is 35.5. The number of nitro benzene ring substituents is 1. The summed E-state index contributed by atoms with van der Waals surface area (Å²) in [6.07, 6.45) is -0.665. The van der Waals surface area contributed by atoms with E-state index in [1.54, 1.807) is 13.0 Å². The van der Waals surface area contributed by atoms with E-state index in [1.165, 1.54) is 13.2 Å². The molecular weight excluding hydrogens is 260 g/mol. The maximum Gasteiger partial charge on any atom is 0.273 e. The normalized spacial score (nSPS) is 12.2. The van der Waals surface area contributed by atoms with Gasteiger partial charge in [-0.05, 0) is 13.0 Å². The van der Waals surface area contributed by atoms with Crippen LogP contribution in [-0.4, -0.2) is 36.4 Å². The summed E-state index contributed by atoms with van der Waals surface area (Å²) in [5.41, 5.74) is 1.03. The average Bonchev–Trinajstić information content (AvgIpc) is 2.29. The molecule has 0 radical (unpaired) electrons. The first kappa shape index (κ1) is 14.7. The molecule has 0 spiro atoms. The van der Waals surface area contributed by atoms with Crippen molar-refractivity contribution in [2.75, 3.05) is 25.6 Å². The number of methoxy groups -OCH3 is 1. The van der Waals surface area contributed by atoms with Gasteiger partial charge < -0.3 is 15.2 Å². The van der Waals surface area contributed by atoms with Gasteiger partial charge in [0.05, 0.1) is 28.3 Å². The Bertz CT molecular complexity index is 439. The molecule has 2 N–H and O–H groups in total. The minimum atomic E-state index is -0.665. The van der Waals surface area contributed by atoms with Crippen LogP contribution >= 0.6 is 11.6 Å². The van der Waals surface area contributed by atoms with Gasteiger partial charge >= 0.3 is 0 Å². The smallest absolute Gasteiger partial charge is 0.273 e. The zero-order valence-electron chi connectivity index (χ0n) is 10.1. The topological polar surface area (TPSA) is 84.6 Å². The van der Waals surface area contributed by atoms with Crippen molar-refractivity contribution in [3.05, 3.63) is 32.8 Å². The molecule has 18 heavy (non-hydrogen) atoms. The molecule has 1 rings (SSSR count). The molecule has 0 aliphatic carbocycles. The van der Waals surface area contributed by atoms with Gasteiger partial charge in [-0.25, -0.2) is 0 Å². The Kier molecular flexibility index (Phi) is 5.33. The number of halogens is 1. The molecule has 0 saturated carbocycles. The first-order valence-corrected chi connectivity index (χ1v) is 5.69. The van der Waals surface area contributed by atoms with Crippen LogP contribution in [0.1, 0.15) is 5.56 Å². The maximum atomic E-state index is 10.7. The summed E-state index contributed by atoms with van der Waals surface area (Å²) in [7, 11) is 1.49. The van der Waals surface area contributed by atoms with E-state index in [1.807, 2.05) is 0 Å². The third-order valence-corrected chi connectivity index (χ3v) is 2.68. The van der Waals surface area contributed by atoms with E-state index in [-0.39, 0.29) is 23.9 Å². The molecule has 0 aliphatic heterocycles. The quantitative estimate of drug-likeness (QED) is 0.612. The predicted molar refractivity (Wildman–Crippen MR) is 69.2 cm³/mol. The second-order valence-electron chi connectivity index (χ2n) is 3.87. The lowest BCUT2D eigenvalue weighted by molar-refractivity contribution is -0.385. The first-order chi connectivity index (χ1) is 8.45. The first-order valence-electron chi connectivity index (χ1n) is 5.31. The number of aliphatic hydroxyl groups excluding tert-OH is 1. The zero-order chi connectivity index (χ0) is 13.7. The molecule has 0 saturated heterocycles. The minimum Gasteiger partial charge on any atom is -0.389 e. The molecule has 1 aromatic rings. The van der Waals surface area contributed by atoms with E-state index in [0.717, 1.165) is 0 Å². The number of nitrogens with one attached hydrogen (secondary N) is 1. The highest BCUT2D eigenvalue weighted by molar-refractivity contribution is 6.33. The monoisotopic (exact) mass is 274 g/mol. The Labute approximate surface area is 110 Å². The van der Waals surface area contributed by atoms with Gasteiger partial charge in [0.2, 0.25) is 0 Å². The fraction of sp³-hybridized carbons (Fsp3) is 0.455. The zero-order valence-corrected chi connectivity index (χ0v) is 10.9. The summed E-state index contributed by atoms with van der Waals surface area (Å²) in [6, 6.07) is 2.88. The number of benzene rings is 1. The van der Waals surface area contributed by atoms with Crippen LogP contribution in [0.2, 0.25) is 5.02 Å². The SMILES string of the molecule is COCC(O)CNc1cc(C)c([N+](=O)[O-])cc1Cl. The summed E-state index contributed by atoms with van der Waals surface area (Å²) in [5.74, 6) is 0. The standard InChI is InChI=1S/C11H15ClN2O4/c1-7-3-10(13-5-8(15)6-18-2)9(12)4-11(7)14(16)17/h3-4,8,13,15H,5-6H2,1-2H3. The Morgan fingerprint density at radius 1 is 1.61 bits per heavy atom. The molecule has 0 fully saturated rings. The highest BCUT2D eigenvalue weighted by Gasteiger charge is 2.14. The second kappa shape index (κ2) is 6.53. The van der Waals surface area contributed by atoms with Gasteiger partial charge in [0.1, 0.15) is 0 Å². The van der Waals surface area contributed by atoms with Gasteiger partial charge in [-0.3, -0.25) is 10.1 Å². The number of hydrogen-bond acceptors (Lipinski definition) is 5. The Hall–Kier alpha value is -1.37. The predicted octanol–water partition coefficient (Wildman–Crippen LogP) is 1.98. The van der Waals surface area contributed by atoms with Gasteiger partial charge in [0.25, 0.3) is 5.69 Å². The molecule has 0 aliphatic rings. The minimum absolute atomic E-state index is 0.0250. The fourth-order valence-corrected chi connectivity index (χ4v) is 1.71. The van der Waals surface area contributed by atoms with Crippen molar-refractivity contribution in [1.29, 1.82) is 0 Å². The number of rotatable bonds is 6. The number of anilines is 1. The lowest BCUT2D eigenvalue weighted by Crippen LogP contribution is -2.24. The van der Waals surface area contributed by atoms with Crippen molar-refractivity contribution < 1.29 is 14.8 Å². The average molecular weight is 275 g/mol. The summed E-state index contributed by atoms with van der Waals surface area (Å²) in [4.78, 5) is 10.2. The van der Waals surface area contributed by atoms with Crippen LogP contribution < -0.4 is 5.32 Å². The van der Waals surface area contributed by atoms with Crippen LogP contribution in [0.3, 0.4) is 0 Å². The van der Waals surface area contributed by atoms with E-state index in [2.05, 4.69) is 5.32 Å². The number of ether oxygens (including phenoxy) is 1. The van der Waals surface area contributed by atoms with E-state index in [0.29, 0.717) is 11.3 Å². The molecule has 100 valence electrons. The lowest BCUT2D eigenvalue weighted by atomic mass is 10.2. The van der Waals surface area contributed by atoms with Crippen molar-refractivity contribution in [2.45, 2.75) is 13.0 Å². The van der Waals surface area contributed by atoms with Crippen molar-refractivity contribution in [1.82, 2.24) is 0 Å². The van der Waals surface area contributed by atoms with E-state index >= 15 is 0 Å². The number of aryl methyl sites for hydroxylation is 1.